The highest BCUT2D eigenvalue weighted by Gasteiger charge is 2.22. The van der Waals surface area contributed by atoms with Crippen LogP contribution in [-0.4, -0.2) is 21.8 Å². The van der Waals surface area contributed by atoms with Gasteiger partial charge in [0.25, 0.3) is 0 Å². The van der Waals surface area contributed by atoms with Gasteiger partial charge in [-0.05, 0) is 47.5 Å². The molecule has 0 aromatic heterocycles. The highest BCUT2D eigenvalue weighted by atomic mass is 16.3. The van der Waals surface area contributed by atoms with E-state index in [-0.39, 0.29) is 34.2 Å². The molecule has 0 fully saturated rings. The van der Waals surface area contributed by atoms with Gasteiger partial charge in [0.1, 0.15) is 11.5 Å². The maximum Gasteiger partial charge on any atom is 0.187 e. The van der Waals surface area contributed by atoms with Gasteiger partial charge in [-0.2, -0.15) is 0 Å². The Hall–Kier alpha value is -3.14. The normalized spacial score (nSPS) is 14.5. The molecule has 2 aromatic carbocycles. The molecule has 4 nitrogen and oxygen atoms in total. The predicted molar refractivity (Wildman–Crippen MR) is 82.2 cm³/mol. The molecule has 3 rings (SSSR count). The van der Waals surface area contributed by atoms with Gasteiger partial charge >= 0.3 is 0 Å². The summed E-state index contributed by atoms with van der Waals surface area (Å²) in [5.74, 6) is -0.574. The van der Waals surface area contributed by atoms with Gasteiger partial charge in [-0.1, -0.05) is 24.3 Å². The zero-order valence-corrected chi connectivity index (χ0v) is 11.5. The van der Waals surface area contributed by atoms with E-state index >= 15 is 0 Å². The van der Waals surface area contributed by atoms with Crippen molar-refractivity contribution in [2.75, 3.05) is 0 Å². The Kier molecular flexibility index (Phi) is 3.35. The van der Waals surface area contributed by atoms with Gasteiger partial charge in [-0.3, -0.25) is 9.59 Å². The lowest BCUT2D eigenvalue weighted by Crippen LogP contribution is -2.11. The first-order chi connectivity index (χ1) is 10.5. The van der Waals surface area contributed by atoms with Crippen LogP contribution in [0.15, 0.2) is 60.7 Å². The van der Waals surface area contributed by atoms with Crippen molar-refractivity contribution in [1.82, 2.24) is 0 Å². The summed E-state index contributed by atoms with van der Waals surface area (Å²) in [6, 6.07) is 12.4. The first-order valence-electron chi connectivity index (χ1n) is 6.65. The van der Waals surface area contributed by atoms with Crippen LogP contribution in [0.2, 0.25) is 0 Å². The second kappa shape index (κ2) is 5.33. The minimum absolute atomic E-state index is 0.0291. The van der Waals surface area contributed by atoms with Gasteiger partial charge in [0.15, 0.2) is 11.6 Å². The van der Waals surface area contributed by atoms with Crippen LogP contribution in [0.1, 0.15) is 11.1 Å². The van der Waals surface area contributed by atoms with E-state index in [2.05, 4.69) is 0 Å². The molecule has 0 unspecified atom stereocenters. The first-order valence-corrected chi connectivity index (χ1v) is 6.65. The third-order valence-corrected chi connectivity index (χ3v) is 3.40. The van der Waals surface area contributed by atoms with Crippen LogP contribution in [0.25, 0.3) is 11.1 Å². The molecule has 1 aliphatic carbocycles. The topological polar surface area (TPSA) is 74.6 Å². The molecule has 1 aliphatic rings. The van der Waals surface area contributed by atoms with Crippen molar-refractivity contribution in [3.63, 3.8) is 0 Å². The standard InChI is InChI=1S/C18H12O4/c19-13-5-1-3-11(7-13)15-9-18(22)16(10-17(15)21)12-4-2-6-14(20)8-12/h1-10,19-20H. The number of carbonyl (C=O) groups is 2. The molecule has 22 heavy (non-hydrogen) atoms. The van der Waals surface area contributed by atoms with Crippen molar-refractivity contribution in [3.8, 4) is 11.5 Å². The molecule has 0 amide bonds. The zero-order valence-electron chi connectivity index (χ0n) is 11.5. The minimum Gasteiger partial charge on any atom is -0.508 e. The average molecular weight is 292 g/mol. The van der Waals surface area contributed by atoms with Gasteiger partial charge in [-0.15, -0.1) is 0 Å². The van der Waals surface area contributed by atoms with E-state index < -0.39 is 0 Å². The van der Waals surface area contributed by atoms with E-state index in [0.717, 1.165) is 0 Å². The average Bonchev–Trinajstić information content (AvgIpc) is 2.49. The predicted octanol–water partition coefficient (Wildman–Crippen LogP) is 2.72. The van der Waals surface area contributed by atoms with Crippen LogP contribution in [-0.2, 0) is 9.59 Å². The lowest BCUT2D eigenvalue weighted by Gasteiger charge is -2.13. The van der Waals surface area contributed by atoms with Gasteiger partial charge < -0.3 is 10.2 Å². The summed E-state index contributed by atoms with van der Waals surface area (Å²) in [7, 11) is 0. The van der Waals surface area contributed by atoms with Crippen molar-refractivity contribution in [3.05, 3.63) is 71.8 Å². The number of benzene rings is 2. The van der Waals surface area contributed by atoms with Crippen molar-refractivity contribution in [1.29, 1.82) is 0 Å². The highest BCUT2D eigenvalue weighted by molar-refractivity contribution is 6.43. The number of hydrogen-bond acceptors (Lipinski definition) is 4. The van der Waals surface area contributed by atoms with E-state index in [1.807, 2.05) is 0 Å². The number of hydrogen-bond donors (Lipinski definition) is 2. The smallest absolute Gasteiger partial charge is 0.187 e. The Labute approximate surface area is 126 Å². The third-order valence-electron chi connectivity index (χ3n) is 3.40. The number of rotatable bonds is 2. The summed E-state index contributed by atoms with van der Waals surface area (Å²) >= 11 is 0. The first kappa shape index (κ1) is 13.8. The molecule has 108 valence electrons. The molecular formula is C18H12O4. The summed E-state index contributed by atoms with van der Waals surface area (Å²) < 4.78 is 0. The second-order valence-corrected chi connectivity index (χ2v) is 4.95. The number of phenols is 2. The summed E-state index contributed by atoms with van der Waals surface area (Å²) in [5, 5.41) is 19.0. The number of carbonyl (C=O) groups excluding carboxylic acids is 2. The molecule has 0 atom stereocenters. The van der Waals surface area contributed by atoms with Crippen LogP contribution in [0, 0.1) is 0 Å². The maximum absolute atomic E-state index is 12.3. The molecule has 0 heterocycles. The van der Waals surface area contributed by atoms with E-state index in [1.165, 1.54) is 36.4 Å². The molecule has 2 N–H and O–H groups in total. The Morgan fingerprint density at radius 2 is 1.05 bits per heavy atom. The fourth-order valence-corrected chi connectivity index (χ4v) is 2.36. The minimum atomic E-state index is -0.316. The summed E-state index contributed by atoms with van der Waals surface area (Å²) in [5.41, 5.74) is 1.46. The largest absolute Gasteiger partial charge is 0.508 e. The molecule has 0 radical (unpaired) electrons. The third kappa shape index (κ3) is 2.54. The van der Waals surface area contributed by atoms with E-state index in [4.69, 9.17) is 0 Å². The SMILES string of the molecule is O=C1C=C(c2cccc(O)c2)C(=O)C=C1c1cccc(O)c1. The summed E-state index contributed by atoms with van der Waals surface area (Å²) in [6.07, 6.45) is 2.52. The van der Waals surface area contributed by atoms with Crippen LogP contribution in [0.5, 0.6) is 11.5 Å². The Morgan fingerprint density at radius 1 is 0.636 bits per heavy atom. The number of ketones is 2. The van der Waals surface area contributed by atoms with Gasteiger partial charge in [-0.25, -0.2) is 0 Å². The maximum atomic E-state index is 12.3. The molecule has 2 aromatic rings. The Bertz CT molecular complexity index is 772. The fourth-order valence-electron chi connectivity index (χ4n) is 2.36. The van der Waals surface area contributed by atoms with Gasteiger partial charge in [0.2, 0.25) is 0 Å². The molecule has 0 spiro atoms. The molecule has 0 saturated carbocycles. The van der Waals surface area contributed by atoms with Crippen molar-refractivity contribution < 1.29 is 19.8 Å². The Balaban J connectivity index is 2.00. The van der Waals surface area contributed by atoms with E-state index in [9.17, 15) is 19.8 Å². The zero-order chi connectivity index (χ0) is 15.7. The molecule has 0 aliphatic heterocycles. The quantitative estimate of drug-likeness (QED) is 0.835. The summed E-state index contributed by atoms with van der Waals surface area (Å²) in [6.45, 7) is 0. The fraction of sp³-hybridized carbons (Fsp3) is 0. The highest BCUT2D eigenvalue weighted by Crippen LogP contribution is 2.29. The van der Waals surface area contributed by atoms with E-state index in [0.29, 0.717) is 11.1 Å². The molecular weight excluding hydrogens is 280 g/mol. The van der Waals surface area contributed by atoms with Crippen molar-refractivity contribution >= 4 is 22.7 Å². The van der Waals surface area contributed by atoms with Crippen LogP contribution in [0.3, 0.4) is 0 Å². The molecule has 0 saturated heterocycles. The van der Waals surface area contributed by atoms with Crippen LogP contribution >= 0.6 is 0 Å². The van der Waals surface area contributed by atoms with Crippen molar-refractivity contribution in [2.24, 2.45) is 0 Å². The van der Waals surface area contributed by atoms with Gasteiger partial charge in [0, 0.05) is 11.1 Å². The van der Waals surface area contributed by atoms with E-state index in [1.54, 1.807) is 24.3 Å². The van der Waals surface area contributed by atoms with Gasteiger partial charge in [0.05, 0.1) is 0 Å². The van der Waals surface area contributed by atoms with Crippen LogP contribution in [0.4, 0.5) is 0 Å². The van der Waals surface area contributed by atoms with Crippen LogP contribution < -0.4 is 0 Å². The van der Waals surface area contributed by atoms with Crippen molar-refractivity contribution in [2.45, 2.75) is 0 Å². The lowest BCUT2D eigenvalue weighted by atomic mass is 9.89. The second-order valence-electron chi connectivity index (χ2n) is 4.95. The monoisotopic (exact) mass is 292 g/mol. The number of phenolic OH excluding ortho intramolecular Hbond substituents is 2. The number of aromatic hydroxyl groups is 2. The lowest BCUT2D eigenvalue weighted by molar-refractivity contribution is -0.112. The molecule has 4 heteroatoms. The number of allylic oxidation sites excluding steroid dienone is 4. The Morgan fingerprint density at radius 3 is 1.41 bits per heavy atom. The summed E-state index contributed by atoms with van der Waals surface area (Å²) in [4.78, 5) is 24.6. The molecule has 0 bridgehead atoms.